The van der Waals surface area contributed by atoms with Crippen molar-refractivity contribution in [1.29, 1.82) is 0 Å². The van der Waals surface area contributed by atoms with E-state index in [1.807, 2.05) is 24.3 Å². The number of ether oxygens (including phenoxy) is 1. The highest BCUT2D eigenvalue weighted by Gasteiger charge is 2.44. The Morgan fingerprint density at radius 1 is 1.00 bits per heavy atom. The second-order valence-electron chi connectivity index (χ2n) is 7.23. The largest absolute Gasteiger partial charge is 0.453 e. The fourth-order valence-corrected chi connectivity index (χ4v) is 9.22. The lowest BCUT2D eigenvalue weighted by Crippen LogP contribution is -2.48. The zero-order valence-corrected chi connectivity index (χ0v) is 17.2. The van der Waals surface area contributed by atoms with Crippen LogP contribution >= 0.6 is 0 Å². The second-order valence-corrected chi connectivity index (χ2v) is 12.7. The molecule has 0 bridgehead atoms. The Kier molecular flexibility index (Phi) is 7.96. The third-order valence-corrected chi connectivity index (χ3v) is 11.0. The Balaban J connectivity index is 2.66. The topological polar surface area (TPSA) is 47.6 Å². The van der Waals surface area contributed by atoms with Gasteiger partial charge < -0.3 is 9.16 Å². The monoisotopic (exact) mass is 351 g/mol. The number of hydrogen-bond donors (Lipinski definition) is 1. The molecule has 4 nitrogen and oxygen atoms in total. The quantitative estimate of drug-likeness (QED) is 0.620. The van der Waals surface area contributed by atoms with Crippen LogP contribution in [0.2, 0.25) is 16.6 Å². The van der Waals surface area contributed by atoms with Gasteiger partial charge in [-0.2, -0.15) is 0 Å². The van der Waals surface area contributed by atoms with Crippen LogP contribution in [0.1, 0.15) is 47.1 Å². The van der Waals surface area contributed by atoms with Crippen LogP contribution in [0.4, 0.5) is 10.5 Å². The SMILES string of the molecule is COC(=O)Nc1ccc(CCO[Si](C(C)C)(C(C)C)C(C)C)cc1. The highest BCUT2D eigenvalue weighted by molar-refractivity contribution is 6.77. The summed E-state index contributed by atoms with van der Waals surface area (Å²) in [6, 6.07) is 7.84. The fraction of sp³-hybridized carbons (Fsp3) is 0.632. The minimum Gasteiger partial charge on any atom is -0.453 e. The van der Waals surface area contributed by atoms with Gasteiger partial charge >= 0.3 is 6.09 Å². The van der Waals surface area contributed by atoms with Crippen molar-refractivity contribution in [3.05, 3.63) is 29.8 Å². The third kappa shape index (κ3) is 5.08. The lowest BCUT2D eigenvalue weighted by Gasteiger charge is -2.42. The van der Waals surface area contributed by atoms with Gasteiger partial charge in [-0.3, -0.25) is 5.32 Å². The van der Waals surface area contributed by atoms with E-state index in [0.717, 1.165) is 18.7 Å². The second kappa shape index (κ2) is 9.23. The van der Waals surface area contributed by atoms with Gasteiger partial charge in [-0.15, -0.1) is 0 Å². The van der Waals surface area contributed by atoms with E-state index in [9.17, 15) is 4.79 Å². The van der Waals surface area contributed by atoms with Crippen LogP contribution in [0.3, 0.4) is 0 Å². The van der Waals surface area contributed by atoms with E-state index in [4.69, 9.17) is 4.43 Å². The smallest absolute Gasteiger partial charge is 0.411 e. The van der Waals surface area contributed by atoms with Crippen LogP contribution in [-0.4, -0.2) is 28.1 Å². The maximum absolute atomic E-state index is 11.2. The number of benzene rings is 1. The van der Waals surface area contributed by atoms with Gasteiger partial charge in [0.15, 0.2) is 8.32 Å². The van der Waals surface area contributed by atoms with E-state index in [1.54, 1.807) is 0 Å². The first kappa shape index (κ1) is 20.7. The van der Waals surface area contributed by atoms with Gasteiger partial charge in [-0.05, 0) is 40.7 Å². The average Bonchev–Trinajstić information content (AvgIpc) is 2.51. The first-order chi connectivity index (χ1) is 11.2. The summed E-state index contributed by atoms with van der Waals surface area (Å²) >= 11 is 0. The standard InChI is InChI=1S/C19H33NO3Si/c1-14(2)24(15(3)4,16(5)6)23-13-12-17-8-10-18(11-9-17)20-19(21)22-7/h8-11,14-16H,12-13H2,1-7H3,(H,20,21). The molecule has 0 fully saturated rings. The van der Waals surface area contributed by atoms with E-state index in [-0.39, 0.29) is 0 Å². The van der Waals surface area contributed by atoms with Crippen LogP contribution in [-0.2, 0) is 15.6 Å². The molecule has 1 rings (SSSR count). The molecule has 1 aromatic carbocycles. The molecule has 5 heteroatoms. The Bertz CT molecular complexity index is 490. The van der Waals surface area contributed by atoms with Crippen molar-refractivity contribution in [3.8, 4) is 0 Å². The minimum absolute atomic E-state index is 0.451. The van der Waals surface area contributed by atoms with E-state index in [2.05, 4.69) is 51.6 Å². The number of hydrogen-bond acceptors (Lipinski definition) is 3. The molecule has 0 radical (unpaired) electrons. The lowest BCUT2D eigenvalue weighted by atomic mass is 10.1. The number of nitrogens with one attached hydrogen (secondary N) is 1. The number of carbonyl (C=O) groups is 1. The number of methoxy groups -OCH3 is 1. The first-order valence-electron chi connectivity index (χ1n) is 8.81. The first-order valence-corrected chi connectivity index (χ1v) is 11.0. The molecule has 0 aliphatic carbocycles. The molecule has 0 aliphatic heterocycles. The van der Waals surface area contributed by atoms with E-state index in [1.165, 1.54) is 12.7 Å². The maximum Gasteiger partial charge on any atom is 0.411 e. The van der Waals surface area contributed by atoms with Gasteiger partial charge in [-0.25, -0.2) is 4.79 Å². The molecule has 0 atom stereocenters. The molecular weight excluding hydrogens is 318 g/mol. The van der Waals surface area contributed by atoms with Gasteiger partial charge in [-0.1, -0.05) is 53.7 Å². The van der Waals surface area contributed by atoms with E-state index < -0.39 is 14.4 Å². The molecule has 0 saturated carbocycles. The Morgan fingerprint density at radius 3 is 1.92 bits per heavy atom. The molecule has 0 unspecified atom stereocenters. The average molecular weight is 352 g/mol. The van der Waals surface area contributed by atoms with Gasteiger partial charge in [0, 0.05) is 12.3 Å². The Labute approximate surface area is 148 Å². The van der Waals surface area contributed by atoms with Crippen LogP contribution in [0.5, 0.6) is 0 Å². The van der Waals surface area contributed by atoms with E-state index in [0.29, 0.717) is 16.6 Å². The van der Waals surface area contributed by atoms with Crippen molar-refractivity contribution in [1.82, 2.24) is 0 Å². The van der Waals surface area contributed by atoms with Gasteiger partial charge in [0.05, 0.1) is 7.11 Å². The molecule has 0 spiro atoms. The highest BCUT2D eigenvalue weighted by Crippen LogP contribution is 2.42. The van der Waals surface area contributed by atoms with Crippen molar-refractivity contribution in [3.63, 3.8) is 0 Å². The van der Waals surface area contributed by atoms with Crippen LogP contribution in [0, 0.1) is 0 Å². The number of anilines is 1. The fourth-order valence-electron chi connectivity index (χ4n) is 3.77. The van der Waals surface area contributed by atoms with Gasteiger partial charge in [0.2, 0.25) is 0 Å². The zero-order valence-electron chi connectivity index (χ0n) is 16.2. The molecule has 1 N–H and O–H groups in total. The van der Waals surface area contributed by atoms with Gasteiger partial charge in [0.25, 0.3) is 0 Å². The zero-order chi connectivity index (χ0) is 18.3. The molecule has 1 amide bonds. The van der Waals surface area contributed by atoms with Crippen molar-refractivity contribution in [2.24, 2.45) is 0 Å². The summed E-state index contributed by atoms with van der Waals surface area (Å²) in [7, 11) is -0.436. The van der Waals surface area contributed by atoms with Crippen LogP contribution in [0.25, 0.3) is 0 Å². The number of amides is 1. The summed E-state index contributed by atoms with van der Waals surface area (Å²) in [4.78, 5) is 11.2. The van der Waals surface area contributed by atoms with Crippen LogP contribution < -0.4 is 5.32 Å². The summed E-state index contributed by atoms with van der Waals surface area (Å²) in [6.45, 7) is 14.6. The Hall–Kier alpha value is -1.33. The summed E-state index contributed by atoms with van der Waals surface area (Å²) in [5.41, 5.74) is 3.75. The summed E-state index contributed by atoms with van der Waals surface area (Å²) in [5, 5.41) is 2.66. The predicted octanol–water partition coefficient (Wildman–Crippen LogP) is 5.60. The molecule has 0 saturated heterocycles. The Morgan fingerprint density at radius 2 is 1.50 bits per heavy atom. The minimum atomic E-state index is -1.79. The van der Waals surface area contributed by atoms with Crippen LogP contribution in [0.15, 0.2) is 24.3 Å². The molecule has 1 aromatic rings. The lowest BCUT2D eigenvalue weighted by molar-refractivity contribution is 0.187. The molecular formula is C19H33NO3Si. The number of carbonyl (C=O) groups excluding carboxylic acids is 1. The predicted molar refractivity (Wildman–Crippen MR) is 103 cm³/mol. The number of rotatable bonds is 8. The van der Waals surface area contributed by atoms with Gasteiger partial charge in [0.1, 0.15) is 0 Å². The van der Waals surface area contributed by atoms with Crippen molar-refractivity contribution >= 4 is 20.1 Å². The van der Waals surface area contributed by atoms with Crippen molar-refractivity contribution < 1.29 is 14.0 Å². The molecule has 0 heterocycles. The summed E-state index contributed by atoms with van der Waals surface area (Å²) < 4.78 is 11.2. The molecule has 0 aromatic heterocycles. The van der Waals surface area contributed by atoms with Crippen molar-refractivity contribution in [2.45, 2.75) is 64.6 Å². The summed E-state index contributed by atoms with van der Waals surface area (Å²) in [6.07, 6.45) is 0.437. The molecule has 24 heavy (non-hydrogen) atoms. The van der Waals surface area contributed by atoms with E-state index >= 15 is 0 Å². The third-order valence-electron chi connectivity index (χ3n) is 4.84. The molecule has 136 valence electrons. The maximum atomic E-state index is 11.2. The molecule has 0 aliphatic rings. The normalized spacial score (nSPS) is 12.1. The highest BCUT2D eigenvalue weighted by atomic mass is 28.4. The van der Waals surface area contributed by atoms with Crippen molar-refractivity contribution in [2.75, 3.05) is 19.0 Å². The summed E-state index contributed by atoms with van der Waals surface area (Å²) in [5.74, 6) is 0.